The fourth-order valence-electron chi connectivity index (χ4n) is 7.72. The Hall–Kier alpha value is -7.21. The number of rotatable bonds is 8. The molecule has 0 unspecified atom stereocenters. The molecule has 0 spiro atoms. The third kappa shape index (κ3) is 5.74. The number of fused-ring (bicyclic) bond motifs is 6. The third-order valence-corrected chi connectivity index (χ3v) is 11.4. The van der Waals surface area contributed by atoms with Gasteiger partial charge >= 0.3 is 0 Å². The highest BCUT2D eigenvalue weighted by Gasteiger charge is 2.22. The van der Waals surface area contributed by atoms with Crippen LogP contribution in [0.2, 0.25) is 0 Å². The van der Waals surface area contributed by atoms with Crippen LogP contribution in [0, 0.1) is 0 Å². The maximum Gasteiger partial charge on any atom is 0.164 e. The van der Waals surface area contributed by atoms with E-state index in [9.17, 15) is 0 Å². The molecule has 0 aliphatic carbocycles. The lowest BCUT2D eigenvalue weighted by Gasteiger charge is -2.13. The van der Waals surface area contributed by atoms with Crippen molar-refractivity contribution in [2.45, 2.75) is 0 Å². The number of furan rings is 1. The summed E-state index contributed by atoms with van der Waals surface area (Å²) in [7, 11) is 0. The molecule has 0 fully saturated rings. The Morgan fingerprint density at radius 3 is 1.79 bits per heavy atom. The smallest absolute Gasteiger partial charge is 0.164 e. The fourth-order valence-corrected chi connectivity index (χ4v) is 8.87. The molecule has 3 heterocycles. The van der Waals surface area contributed by atoms with Gasteiger partial charge in [0.25, 0.3) is 0 Å². The highest BCUT2D eigenvalue weighted by molar-refractivity contribution is 7.26. The Balaban J connectivity index is 1.24. The van der Waals surface area contributed by atoms with Gasteiger partial charge in [0.1, 0.15) is 11.2 Å². The molecular formula is C51H33N3OS. The molecule has 7 aromatic carbocycles. The molecule has 0 saturated heterocycles. The highest BCUT2D eigenvalue weighted by atomic mass is 32.1. The number of hydrogen-bond donors (Lipinski definition) is 0. The largest absolute Gasteiger partial charge is 0.456 e. The minimum Gasteiger partial charge on any atom is -0.456 e. The molecule has 264 valence electrons. The zero-order valence-corrected chi connectivity index (χ0v) is 31.1. The van der Waals surface area contributed by atoms with Crippen molar-refractivity contribution >= 4 is 59.0 Å². The summed E-state index contributed by atoms with van der Waals surface area (Å²) in [6.07, 6.45) is 5.75. The van der Waals surface area contributed by atoms with E-state index in [0.29, 0.717) is 17.5 Å². The monoisotopic (exact) mass is 735 g/mol. The van der Waals surface area contributed by atoms with Gasteiger partial charge in [0.15, 0.2) is 17.5 Å². The number of allylic oxidation sites excluding steroid dienone is 4. The van der Waals surface area contributed by atoms with E-state index in [0.717, 1.165) is 72.0 Å². The van der Waals surface area contributed by atoms with Crippen LogP contribution in [-0.2, 0) is 0 Å². The van der Waals surface area contributed by atoms with Crippen LogP contribution in [0.15, 0.2) is 194 Å². The molecule has 10 rings (SSSR count). The average molecular weight is 736 g/mol. The maximum absolute atomic E-state index is 6.65. The first-order chi connectivity index (χ1) is 27.7. The number of nitrogens with zero attached hydrogens (tertiary/aromatic N) is 3. The standard InChI is InChI=1S/C51H33N3OS/c1-3-15-32(4-2)38-21-13-24-44-47(38)48-39(22-14-25-45(48)56-44)41-30-37(31-43-46(41)40-20-11-12-23-42(40)55-43)51-53-49(35-18-9-6-10-19-35)52-50(54-51)36-28-26-34(27-29-36)33-16-7-5-8-17-33/h3-31H,1-2H2/b32-15+. The van der Waals surface area contributed by atoms with E-state index in [2.05, 4.69) is 122 Å². The molecule has 3 aromatic heterocycles. The van der Waals surface area contributed by atoms with Crippen LogP contribution in [-0.4, -0.2) is 15.0 Å². The molecule has 0 radical (unpaired) electrons. The van der Waals surface area contributed by atoms with Gasteiger partial charge in [-0.05, 0) is 63.7 Å². The lowest BCUT2D eigenvalue weighted by Crippen LogP contribution is -2.00. The van der Waals surface area contributed by atoms with Crippen LogP contribution in [0.3, 0.4) is 0 Å². The number of benzene rings is 7. The van der Waals surface area contributed by atoms with E-state index >= 15 is 0 Å². The summed E-state index contributed by atoms with van der Waals surface area (Å²) in [5.41, 5.74) is 10.8. The Labute approximate surface area is 328 Å². The Kier molecular flexibility index (Phi) is 8.28. The first-order valence-corrected chi connectivity index (χ1v) is 19.3. The summed E-state index contributed by atoms with van der Waals surface area (Å²) in [6, 6.07) is 54.5. The van der Waals surface area contributed by atoms with Crippen molar-refractivity contribution < 1.29 is 4.42 Å². The van der Waals surface area contributed by atoms with E-state index in [1.54, 1.807) is 11.3 Å². The summed E-state index contributed by atoms with van der Waals surface area (Å²) in [4.78, 5) is 15.4. The van der Waals surface area contributed by atoms with Crippen molar-refractivity contribution in [3.05, 3.63) is 195 Å². The summed E-state index contributed by atoms with van der Waals surface area (Å²) in [5, 5.41) is 4.48. The second kappa shape index (κ2) is 13.9. The van der Waals surface area contributed by atoms with Crippen molar-refractivity contribution in [3.8, 4) is 56.4 Å². The Morgan fingerprint density at radius 2 is 1.07 bits per heavy atom. The quantitative estimate of drug-likeness (QED) is 0.146. The minimum atomic E-state index is 0.565. The van der Waals surface area contributed by atoms with Crippen molar-refractivity contribution in [1.82, 2.24) is 15.0 Å². The van der Waals surface area contributed by atoms with Crippen molar-refractivity contribution in [2.24, 2.45) is 0 Å². The second-order valence-corrected chi connectivity index (χ2v) is 14.7. The number of thiophene rings is 1. The predicted octanol–water partition coefficient (Wildman–Crippen LogP) is 14.2. The van der Waals surface area contributed by atoms with Crippen molar-refractivity contribution in [3.63, 3.8) is 0 Å². The molecule has 0 atom stereocenters. The Bertz CT molecular complexity index is 3160. The van der Waals surface area contributed by atoms with Gasteiger partial charge in [-0.25, -0.2) is 15.0 Å². The van der Waals surface area contributed by atoms with E-state index < -0.39 is 0 Å². The van der Waals surface area contributed by atoms with E-state index in [1.807, 2.05) is 66.8 Å². The van der Waals surface area contributed by atoms with Gasteiger partial charge in [0.2, 0.25) is 0 Å². The van der Waals surface area contributed by atoms with Gasteiger partial charge in [-0.15, -0.1) is 11.3 Å². The summed E-state index contributed by atoms with van der Waals surface area (Å²) < 4.78 is 9.06. The van der Waals surface area contributed by atoms with Gasteiger partial charge in [-0.2, -0.15) is 0 Å². The van der Waals surface area contributed by atoms with Crippen LogP contribution in [0.1, 0.15) is 5.56 Å². The molecule has 5 heteroatoms. The normalized spacial score (nSPS) is 11.8. The zero-order chi connectivity index (χ0) is 37.6. The fraction of sp³-hybridized carbons (Fsp3) is 0. The predicted molar refractivity (Wildman–Crippen MR) is 236 cm³/mol. The minimum absolute atomic E-state index is 0.565. The van der Waals surface area contributed by atoms with Crippen LogP contribution in [0.5, 0.6) is 0 Å². The first kappa shape index (κ1) is 33.4. The SMILES string of the molecule is C=C/C=C(\C=C)c1cccc2sc3cccc(-c4cc(-c5nc(-c6ccccc6)nc(-c6ccc(-c7ccccc7)cc6)n5)cc5oc6ccccc6c45)c3c12. The Morgan fingerprint density at radius 1 is 0.482 bits per heavy atom. The lowest BCUT2D eigenvalue weighted by molar-refractivity contribution is 0.669. The topological polar surface area (TPSA) is 51.8 Å². The lowest BCUT2D eigenvalue weighted by atomic mass is 9.91. The van der Waals surface area contributed by atoms with E-state index in [-0.39, 0.29) is 0 Å². The van der Waals surface area contributed by atoms with E-state index in [1.165, 1.54) is 20.2 Å². The summed E-state index contributed by atoms with van der Waals surface area (Å²) in [6.45, 7) is 8.14. The van der Waals surface area contributed by atoms with Gasteiger partial charge in [-0.3, -0.25) is 0 Å². The molecular weight excluding hydrogens is 703 g/mol. The van der Waals surface area contributed by atoms with Crippen LogP contribution >= 0.6 is 11.3 Å². The molecule has 0 N–H and O–H groups in total. The molecule has 0 bridgehead atoms. The van der Waals surface area contributed by atoms with Gasteiger partial charge in [-0.1, -0.05) is 159 Å². The van der Waals surface area contributed by atoms with Gasteiger partial charge < -0.3 is 4.42 Å². The molecule has 0 aliphatic rings. The number of para-hydroxylation sites is 1. The van der Waals surface area contributed by atoms with Crippen LogP contribution < -0.4 is 0 Å². The van der Waals surface area contributed by atoms with Crippen LogP contribution in [0.4, 0.5) is 0 Å². The second-order valence-electron chi connectivity index (χ2n) is 13.6. The van der Waals surface area contributed by atoms with Crippen molar-refractivity contribution in [1.29, 1.82) is 0 Å². The molecule has 56 heavy (non-hydrogen) atoms. The number of aromatic nitrogens is 3. The zero-order valence-electron chi connectivity index (χ0n) is 30.3. The molecule has 10 aromatic rings. The van der Waals surface area contributed by atoms with Crippen LogP contribution in [0.25, 0.3) is 104 Å². The molecule has 0 amide bonds. The molecule has 4 nitrogen and oxygen atoms in total. The van der Waals surface area contributed by atoms with Gasteiger partial charge in [0, 0.05) is 47.6 Å². The summed E-state index contributed by atoms with van der Waals surface area (Å²) in [5.74, 6) is 1.77. The van der Waals surface area contributed by atoms with E-state index in [4.69, 9.17) is 19.4 Å². The summed E-state index contributed by atoms with van der Waals surface area (Å²) >= 11 is 1.80. The van der Waals surface area contributed by atoms with Crippen molar-refractivity contribution in [2.75, 3.05) is 0 Å². The molecule has 0 saturated carbocycles. The molecule has 0 aliphatic heterocycles. The number of hydrogen-bond acceptors (Lipinski definition) is 5. The van der Waals surface area contributed by atoms with Gasteiger partial charge in [0.05, 0.1) is 0 Å². The third-order valence-electron chi connectivity index (χ3n) is 10.3. The average Bonchev–Trinajstić information content (AvgIpc) is 3.85. The first-order valence-electron chi connectivity index (χ1n) is 18.5. The maximum atomic E-state index is 6.65. The highest BCUT2D eigenvalue weighted by Crippen LogP contribution is 2.47.